The van der Waals surface area contributed by atoms with E-state index in [4.69, 9.17) is 22.2 Å². The number of benzene rings is 1. The predicted octanol–water partition coefficient (Wildman–Crippen LogP) is 2.66. The second-order valence-corrected chi connectivity index (χ2v) is 3.36. The molecule has 3 N–H and O–H groups in total. The number of nitrogen functional groups attached to an aromatic ring is 1. The normalized spacial score (nSPS) is 9.92. The molecule has 0 unspecified atom stereocenters. The van der Waals surface area contributed by atoms with E-state index in [9.17, 15) is 0 Å². The Morgan fingerprint density at radius 2 is 2.25 bits per heavy atom. The fourth-order valence-electron chi connectivity index (χ4n) is 0.771. The maximum absolute atomic E-state index is 5.91. The number of hydrogen-bond acceptors (Lipinski definition) is 3. The summed E-state index contributed by atoms with van der Waals surface area (Å²) < 4.78 is 0.776. The van der Waals surface area contributed by atoms with E-state index in [0.29, 0.717) is 16.4 Å². The first-order valence-electron chi connectivity index (χ1n) is 3.19. The van der Waals surface area contributed by atoms with Crippen LogP contribution >= 0.6 is 27.5 Å². The van der Waals surface area contributed by atoms with Crippen LogP contribution in [0.1, 0.15) is 0 Å². The van der Waals surface area contributed by atoms with Gasteiger partial charge in [-0.2, -0.15) is 0 Å². The van der Waals surface area contributed by atoms with Crippen LogP contribution in [0.25, 0.3) is 0 Å². The van der Waals surface area contributed by atoms with Gasteiger partial charge in [0.15, 0.2) is 0 Å². The number of rotatable bonds is 2. The van der Waals surface area contributed by atoms with Gasteiger partial charge in [0, 0.05) is 4.47 Å². The molecule has 0 aromatic heterocycles. The van der Waals surface area contributed by atoms with Crippen LogP contribution < -0.4 is 11.2 Å². The first-order valence-corrected chi connectivity index (χ1v) is 4.36. The van der Waals surface area contributed by atoms with Crippen LogP contribution in [-0.2, 0) is 4.84 Å². The molecular weight excluding hydrogens is 243 g/mol. The van der Waals surface area contributed by atoms with Crippen LogP contribution in [0.15, 0.2) is 16.6 Å². The van der Waals surface area contributed by atoms with Crippen LogP contribution in [0, 0.1) is 0 Å². The van der Waals surface area contributed by atoms with Gasteiger partial charge in [-0.25, -0.2) is 0 Å². The SMILES string of the molecule is CONc1c(N)ccc(Br)c1Cl. The highest BCUT2D eigenvalue weighted by atomic mass is 79.9. The average molecular weight is 252 g/mol. The molecule has 0 fully saturated rings. The molecule has 1 aromatic carbocycles. The zero-order chi connectivity index (χ0) is 9.14. The fraction of sp³-hybridized carbons (Fsp3) is 0.143. The Labute approximate surface area is 83.9 Å². The molecule has 0 bridgehead atoms. The van der Waals surface area contributed by atoms with Gasteiger partial charge in [-0.15, -0.1) is 0 Å². The summed E-state index contributed by atoms with van der Waals surface area (Å²) in [5.41, 5.74) is 9.35. The molecule has 5 heteroatoms. The van der Waals surface area contributed by atoms with E-state index in [1.807, 2.05) is 0 Å². The number of hydrogen-bond donors (Lipinski definition) is 2. The summed E-state index contributed by atoms with van der Waals surface area (Å²) in [4.78, 5) is 4.71. The minimum atomic E-state index is 0.511. The molecule has 0 aliphatic heterocycles. The summed E-state index contributed by atoms with van der Waals surface area (Å²) in [7, 11) is 1.50. The summed E-state index contributed by atoms with van der Waals surface area (Å²) in [6.45, 7) is 0. The number of nitrogens with one attached hydrogen (secondary N) is 1. The minimum absolute atomic E-state index is 0.511. The van der Waals surface area contributed by atoms with Gasteiger partial charge in [-0.1, -0.05) is 11.6 Å². The van der Waals surface area contributed by atoms with E-state index in [1.54, 1.807) is 12.1 Å². The molecule has 0 saturated heterocycles. The molecule has 0 aliphatic rings. The zero-order valence-corrected chi connectivity index (χ0v) is 8.74. The Balaban J connectivity index is 3.14. The van der Waals surface area contributed by atoms with Crippen molar-refractivity contribution in [2.45, 2.75) is 0 Å². The van der Waals surface area contributed by atoms with Crippen LogP contribution in [0.3, 0.4) is 0 Å². The average Bonchev–Trinajstić information content (AvgIpc) is 2.06. The predicted molar refractivity (Wildman–Crippen MR) is 54.2 cm³/mol. The van der Waals surface area contributed by atoms with E-state index in [1.165, 1.54) is 7.11 Å². The molecule has 0 aliphatic carbocycles. The number of halogens is 2. The highest BCUT2D eigenvalue weighted by molar-refractivity contribution is 9.10. The van der Waals surface area contributed by atoms with E-state index >= 15 is 0 Å². The van der Waals surface area contributed by atoms with E-state index < -0.39 is 0 Å². The van der Waals surface area contributed by atoms with Crippen LogP contribution in [0.2, 0.25) is 5.02 Å². The Morgan fingerprint density at radius 1 is 1.58 bits per heavy atom. The summed E-state index contributed by atoms with van der Waals surface area (Å²) >= 11 is 9.18. The molecule has 0 amide bonds. The standard InChI is InChI=1S/C7H8BrClN2O/c1-12-11-7-5(10)3-2-4(8)6(7)9/h2-3,11H,10H2,1H3. The van der Waals surface area contributed by atoms with Gasteiger partial charge in [0.05, 0.1) is 17.8 Å². The Kier molecular flexibility index (Phi) is 3.20. The second kappa shape index (κ2) is 3.98. The maximum atomic E-state index is 5.91. The monoisotopic (exact) mass is 250 g/mol. The van der Waals surface area contributed by atoms with E-state index in [-0.39, 0.29) is 0 Å². The smallest absolute Gasteiger partial charge is 0.103 e. The molecule has 66 valence electrons. The first-order chi connectivity index (χ1) is 5.66. The summed E-state index contributed by atoms with van der Waals surface area (Å²) in [5.74, 6) is 0. The molecule has 0 saturated carbocycles. The van der Waals surface area contributed by atoms with Crippen molar-refractivity contribution in [2.24, 2.45) is 0 Å². The van der Waals surface area contributed by atoms with Gasteiger partial charge in [0.1, 0.15) is 5.69 Å². The lowest BCUT2D eigenvalue weighted by Gasteiger charge is -2.09. The highest BCUT2D eigenvalue weighted by Crippen LogP contribution is 2.34. The minimum Gasteiger partial charge on any atom is -0.397 e. The Hall–Kier alpha value is -0.450. The fourth-order valence-corrected chi connectivity index (χ4v) is 1.31. The summed E-state index contributed by atoms with van der Waals surface area (Å²) in [6.07, 6.45) is 0. The lowest BCUT2D eigenvalue weighted by Crippen LogP contribution is -2.00. The van der Waals surface area contributed by atoms with Crippen LogP contribution in [0.4, 0.5) is 11.4 Å². The van der Waals surface area contributed by atoms with Crippen molar-refractivity contribution in [3.8, 4) is 0 Å². The molecule has 12 heavy (non-hydrogen) atoms. The first kappa shape index (κ1) is 9.64. The van der Waals surface area contributed by atoms with Gasteiger partial charge < -0.3 is 5.73 Å². The Morgan fingerprint density at radius 3 is 2.83 bits per heavy atom. The van der Waals surface area contributed by atoms with Crippen molar-refractivity contribution in [3.63, 3.8) is 0 Å². The van der Waals surface area contributed by atoms with Crippen molar-refractivity contribution in [2.75, 3.05) is 18.3 Å². The molecule has 0 radical (unpaired) electrons. The molecular formula is C7H8BrClN2O. The molecule has 1 aromatic rings. The van der Waals surface area contributed by atoms with E-state index in [0.717, 1.165) is 4.47 Å². The summed E-state index contributed by atoms with van der Waals surface area (Å²) in [5, 5.41) is 0.511. The topological polar surface area (TPSA) is 47.3 Å². The van der Waals surface area contributed by atoms with Crippen molar-refractivity contribution >= 4 is 38.9 Å². The van der Waals surface area contributed by atoms with Crippen molar-refractivity contribution in [1.29, 1.82) is 0 Å². The van der Waals surface area contributed by atoms with Crippen LogP contribution in [-0.4, -0.2) is 7.11 Å². The molecule has 1 rings (SSSR count). The second-order valence-electron chi connectivity index (χ2n) is 2.13. The highest BCUT2D eigenvalue weighted by Gasteiger charge is 2.07. The third-order valence-electron chi connectivity index (χ3n) is 1.33. The zero-order valence-electron chi connectivity index (χ0n) is 6.40. The lowest BCUT2D eigenvalue weighted by molar-refractivity contribution is 0.271. The molecule has 3 nitrogen and oxygen atoms in total. The largest absolute Gasteiger partial charge is 0.397 e. The molecule has 0 spiro atoms. The van der Waals surface area contributed by atoms with Gasteiger partial charge in [0.2, 0.25) is 0 Å². The number of nitrogens with two attached hydrogens (primary N) is 1. The van der Waals surface area contributed by atoms with Gasteiger partial charge >= 0.3 is 0 Å². The van der Waals surface area contributed by atoms with Crippen molar-refractivity contribution in [1.82, 2.24) is 0 Å². The maximum Gasteiger partial charge on any atom is 0.103 e. The summed E-state index contributed by atoms with van der Waals surface area (Å²) in [6, 6.07) is 3.51. The van der Waals surface area contributed by atoms with Gasteiger partial charge in [-0.3, -0.25) is 10.3 Å². The third kappa shape index (κ3) is 1.83. The van der Waals surface area contributed by atoms with E-state index in [2.05, 4.69) is 21.4 Å². The quantitative estimate of drug-likeness (QED) is 0.627. The molecule has 0 heterocycles. The van der Waals surface area contributed by atoms with Crippen molar-refractivity contribution in [3.05, 3.63) is 21.6 Å². The number of anilines is 2. The van der Waals surface area contributed by atoms with Crippen molar-refractivity contribution < 1.29 is 4.84 Å². The third-order valence-corrected chi connectivity index (χ3v) is 2.61. The van der Waals surface area contributed by atoms with Gasteiger partial charge in [-0.05, 0) is 28.1 Å². The lowest BCUT2D eigenvalue weighted by atomic mass is 10.3. The Bertz CT molecular complexity index is 293. The van der Waals surface area contributed by atoms with Crippen LogP contribution in [0.5, 0.6) is 0 Å². The van der Waals surface area contributed by atoms with Gasteiger partial charge in [0.25, 0.3) is 0 Å². The molecule has 0 atom stereocenters.